The molecule has 0 bridgehead atoms. The molecule has 3 nitrogen and oxygen atoms in total. The predicted molar refractivity (Wildman–Crippen MR) is 65.2 cm³/mol. The van der Waals surface area contributed by atoms with E-state index in [0.717, 1.165) is 32.1 Å². The number of amides is 1. The summed E-state index contributed by atoms with van der Waals surface area (Å²) in [5, 5.41) is 3.15. The fraction of sp³-hybridized carbons (Fsp3) is 0.769. The minimum absolute atomic E-state index is 0.0268. The van der Waals surface area contributed by atoms with Crippen LogP contribution in [0.1, 0.15) is 39.0 Å². The van der Waals surface area contributed by atoms with Crippen LogP contribution in [0, 0.1) is 0 Å². The molecule has 1 aliphatic carbocycles. The first-order valence-corrected chi connectivity index (χ1v) is 6.40. The molecule has 1 saturated heterocycles. The smallest absolute Gasteiger partial charge is 0.240 e. The fourth-order valence-corrected chi connectivity index (χ4v) is 2.88. The summed E-state index contributed by atoms with van der Waals surface area (Å²) in [5.41, 5.74) is 0. The van der Waals surface area contributed by atoms with E-state index in [9.17, 15) is 4.79 Å². The van der Waals surface area contributed by atoms with Crippen LogP contribution >= 0.6 is 0 Å². The van der Waals surface area contributed by atoms with E-state index in [2.05, 4.69) is 29.3 Å². The summed E-state index contributed by atoms with van der Waals surface area (Å²) in [5.74, 6) is 0.295. The van der Waals surface area contributed by atoms with E-state index >= 15 is 0 Å². The lowest BCUT2D eigenvalue weighted by atomic mass is 10.1. The van der Waals surface area contributed by atoms with Gasteiger partial charge >= 0.3 is 0 Å². The standard InChI is InChI=1S/C13H22N2O/c1-10-6-5-9-12(14-2)13(16)15(10)11-7-3-4-8-11/h3,7,10-12,14H,4-6,8-9H2,1-2H3. The molecule has 3 heteroatoms. The number of likely N-dealkylation sites (N-methyl/N-ethyl adjacent to an activating group) is 1. The summed E-state index contributed by atoms with van der Waals surface area (Å²) in [6, 6.07) is 0.758. The van der Waals surface area contributed by atoms with Gasteiger partial charge in [0.05, 0.1) is 12.1 Å². The lowest BCUT2D eigenvalue weighted by Crippen LogP contribution is -2.50. The van der Waals surface area contributed by atoms with Crippen molar-refractivity contribution in [2.24, 2.45) is 0 Å². The Labute approximate surface area is 97.9 Å². The zero-order chi connectivity index (χ0) is 11.5. The van der Waals surface area contributed by atoms with Crippen LogP contribution < -0.4 is 5.32 Å². The van der Waals surface area contributed by atoms with Gasteiger partial charge < -0.3 is 10.2 Å². The summed E-state index contributed by atoms with van der Waals surface area (Å²) in [6.45, 7) is 2.18. The zero-order valence-corrected chi connectivity index (χ0v) is 10.3. The van der Waals surface area contributed by atoms with E-state index < -0.39 is 0 Å². The van der Waals surface area contributed by atoms with Gasteiger partial charge in [0.15, 0.2) is 0 Å². The Morgan fingerprint density at radius 3 is 2.81 bits per heavy atom. The van der Waals surface area contributed by atoms with Crippen molar-refractivity contribution < 1.29 is 4.79 Å². The molecule has 3 atom stereocenters. The molecule has 0 aromatic rings. The number of hydrogen-bond acceptors (Lipinski definition) is 2. The van der Waals surface area contributed by atoms with Crippen LogP contribution in [-0.2, 0) is 4.79 Å². The second-order valence-corrected chi connectivity index (χ2v) is 4.94. The molecule has 0 radical (unpaired) electrons. The van der Waals surface area contributed by atoms with Gasteiger partial charge in [-0.1, -0.05) is 12.2 Å². The number of hydrogen-bond donors (Lipinski definition) is 1. The molecule has 1 fully saturated rings. The molecule has 1 heterocycles. The normalized spacial score (nSPS) is 35.5. The van der Waals surface area contributed by atoms with Crippen LogP contribution in [0.5, 0.6) is 0 Å². The van der Waals surface area contributed by atoms with Crippen LogP contribution in [-0.4, -0.2) is 36.0 Å². The van der Waals surface area contributed by atoms with Crippen LogP contribution in [0.3, 0.4) is 0 Å². The molecule has 1 N–H and O–H groups in total. The second-order valence-electron chi connectivity index (χ2n) is 4.94. The lowest BCUT2D eigenvalue weighted by molar-refractivity contribution is -0.136. The van der Waals surface area contributed by atoms with Crippen molar-refractivity contribution in [3.8, 4) is 0 Å². The summed E-state index contributed by atoms with van der Waals surface area (Å²) in [7, 11) is 1.89. The third-order valence-electron chi connectivity index (χ3n) is 3.84. The van der Waals surface area contributed by atoms with Crippen molar-refractivity contribution in [2.45, 2.75) is 57.2 Å². The van der Waals surface area contributed by atoms with Gasteiger partial charge in [0.2, 0.25) is 5.91 Å². The number of nitrogens with zero attached hydrogens (tertiary/aromatic N) is 1. The molecule has 0 saturated carbocycles. The number of rotatable bonds is 2. The monoisotopic (exact) mass is 222 g/mol. The van der Waals surface area contributed by atoms with Crippen LogP contribution in [0.15, 0.2) is 12.2 Å². The van der Waals surface area contributed by atoms with E-state index in [-0.39, 0.29) is 6.04 Å². The number of carbonyl (C=O) groups excluding carboxylic acids is 1. The highest BCUT2D eigenvalue weighted by Crippen LogP contribution is 2.25. The van der Waals surface area contributed by atoms with Crippen molar-refractivity contribution in [3.63, 3.8) is 0 Å². The number of nitrogens with one attached hydrogen (secondary N) is 1. The number of carbonyl (C=O) groups is 1. The van der Waals surface area contributed by atoms with Gasteiger partial charge in [0.25, 0.3) is 0 Å². The molecule has 16 heavy (non-hydrogen) atoms. The summed E-state index contributed by atoms with van der Waals surface area (Å²) in [4.78, 5) is 14.5. The third kappa shape index (κ3) is 2.14. The van der Waals surface area contributed by atoms with Gasteiger partial charge in [-0.05, 0) is 46.1 Å². The first-order chi connectivity index (χ1) is 7.74. The van der Waals surface area contributed by atoms with Gasteiger partial charge in [0.1, 0.15) is 0 Å². The van der Waals surface area contributed by atoms with Crippen molar-refractivity contribution in [1.29, 1.82) is 0 Å². The maximum atomic E-state index is 12.4. The Morgan fingerprint density at radius 2 is 2.19 bits per heavy atom. The van der Waals surface area contributed by atoms with Crippen molar-refractivity contribution in [1.82, 2.24) is 10.2 Å². The summed E-state index contributed by atoms with van der Waals surface area (Å²) < 4.78 is 0. The highest BCUT2D eigenvalue weighted by molar-refractivity contribution is 5.83. The Bertz CT molecular complexity index is 288. The predicted octanol–water partition coefficient (Wildman–Crippen LogP) is 1.69. The van der Waals surface area contributed by atoms with Gasteiger partial charge in [-0.3, -0.25) is 4.79 Å². The first-order valence-electron chi connectivity index (χ1n) is 6.40. The van der Waals surface area contributed by atoms with Crippen LogP contribution in [0.25, 0.3) is 0 Å². The largest absolute Gasteiger partial charge is 0.332 e. The van der Waals surface area contributed by atoms with Crippen LogP contribution in [0.4, 0.5) is 0 Å². The SMILES string of the molecule is CNC1CCCC(C)N(C2C=CCC2)C1=O. The maximum absolute atomic E-state index is 12.4. The highest BCUT2D eigenvalue weighted by Gasteiger charge is 2.34. The minimum atomic E-state index is 0.0268. The maximum Gasteiger partial charge on any atom is 0.240 e. The zero-order valence-electron chi connectivity index (χ0n) is 10.3. The van der Waals surface area contributed by atoms with Gasteiger partial charge in [-0.25, -0.2) is 0 Å². The molecule has 0 aromatic heterocycles. The molecule has 2 rings (SSSR count). The fourth-order valence-electron chi connectivity index (χ4n) is 2.88. The topological polar surface area (TPSA) is 32.3 Å². The van der Waals surface area contributed by atoms with Crippen molar-refractivity contribution >= 4 is 5.91 Å². The molecule has 0 spiro atoms. The molecule has 3 unspecified atom stereocenters. The lowest BCUT2D eigenvalue weighted by Gasteiger charge is -2.34. The third-order valence-corrected chi connectivity index (χ3v) is 3.84. The molecular formula is C13H22N2O. The Morgan fingerprint density at radius 1 is 1.38 bits per heavy atom. The quantitative estimate of drug-likeness (QED) is 0.721. The average molecular weight is 222 g/mol. The van der Waals surface area contributed by atoms with E-state index in [1.54, 1.807) is 0 Å². The number of allylic oxidation sites excluding steroid dienone is 1. The minimum Gasteiger partial charge on any atom is -0.332 e. The summed E-state index contributed by atoms with van der Waals surface area (Å²) in [6.07, 6.45) is 9.88. The van der Waals surface area contributed by atoms with Gasteiger partial charge in [-0.15, -0.1) is 0 Å². The molecule has 90 valence electrons. The van der Waals surface area contributed by atoms with Gasteiger partial charge in [0, 0.05) is 6.04 Å². The summed E-state index contributed by atoms with van der Waals surface area (Å²) >= 11 is 0. The Balaban J connectivity index is 2.16. The molecule has 1 aliphatic heterocycles. The van der Waals surface area contributed by atoms with Crippen LogP contribution in [0.2, 0.25) is 0 Å². The Kier molecular flexibility index (Phi) is 3.64. The Hall–Kier alpha value is -0.830. The molecule has 2 aliphatic rings. The van der Waals surface area contributed by atoms with Crippen molar-refractivity contribution in [2.75, 3.05) is 7.05 Å². The molecular weight excluding hydrogens is 200 g/mol. The van der Waals surface area contributed by atoms with Gasteiger partial charge in [-0.2, -0.15) is 0 Å². The first kappa shape index (κ1) is 11.6. The highest BCUT2D eigenvalue weighted by atomic mass is 16.2. The average Bonchev–Trinajstić information content (AvgIpc) is 2.73. The van der Waals surface area contributed by atoms with Crippen molar-refractivity contribution in [3.05, 3.63) is 12.2 Å². The molecule has 1 amide bonds. The number of likely N-dealkylation sites (tertiary alicyclic amines) is 1. The second kappa shape index (κ2) is 5.00. The van der Waals surface area contributed by atoms with E-state index in [1.165, 1.54) is 0 Å². The molecule has 0 aromatic carbocycles. The van der Waals surface area contributed by atoms with E-state index in [0.29, 0.717) is 18.0 Å². The van der Waals surface area contributed by atoms with E-state index in [1.807, 2.05) is 7.05 Å². The van der Waals surface area contributed by atoms with E-state index in [4.69, 9.17) is 0 Å².